The molecular weight excluding hydrogens is 230 g/mol. The molecule has 1 rings (SSSR count). The summed E-state index contributed by atoms with van der Waals surface area (Å²) in [4.78, 5) is 0. The van der Waals surface area contributed by atoms with E-state index in [1.165, 1.54) is 0 Å². The first-order chi connectivity index (χ1) is 8.74. The van der Waals surface area contributed by atoms with Gasteiger partial charge in [-0.25, -0.2) is 0 Å². The van der Waals surface area contributed by atoms with Gasteiger partial charge in [-0.2, -0.15) is 0 Å². The molecule has 18 heavy (non-hydrogen) atoms. The highest BCUT2D eigenvalue weighted by Crippen LogP contribution is 2.27. The van der Waals surface area contributed by atoms with E-state index in [-0.39, 0.29) is 12.6 Å². The Balaban J connectivity index is 2.67. The minimum absolute atomic E-state index is 0.141. The van der Waals surface area contributed by atoms with Crippen LogP contribution in [0, 0.1) is 0 Å². The van der Waals surface area contributed by atoms with Crippen molar-refractivity contribution in [2.24, 2.45) is 0 Å². The van der Waals surface area contributed by atoms with Crippen LogP contribution in [-0.4, -0.2) is 31.5 Å². The van der Waals surface area contributed by atoms with Crippen LogP contribution < -0.4 is 14.8 Å². The van der Waals surface area contributed by atoms with Crippen LogP contribution in [0.2, 0.25) is 0 Å². The molecule has 1 aromatic carbocycles. The first-order valence-electron chi connectivity index (χ1n) is 6.39. The third-order valence-corrected chi connectivity index (χ3v) is 2.84. The van der Waals surface area contributed by atoms with Gasteiger partial charge in [-0.15, -0.1) is 0 Å². The number of ether oxygens (including phenoxy) is 2. The topological polar surface area (TPSA) is 50.7 Å². The summed E-state index contributed by atoms with van der Waals surface area (Å²) in [6.45, 7) is 5.48. The fraction of sp³-hybridized carbons (Fsp3) is 0.571. The third kappa shape index (κ3) is 4.20. The van der Waals surface area contributed by atoms with Gasteiger partial charge in [0.2, 0.25) is 0 Å². The average Bonchev–Trinajstić information content (AvgIpc) is 2.41. The number of hydrogen-bond donors (Lipinski definition) is 2. The minimum Gasteiger partial charge on any atom is -0.493 e. The molecule has 1 atom stereocenters. The predicted octanol–water partition coefficient (Wildman–Crippen LogP) is 1.95. The van der Waals surface area contributed by atoms with Gasteiger partial charge < -0.3 is 19.9 Å². The molecule has 0 bridgehead atoms. The first-order valence-corrected chi connectivity index (χ1v) is 6.39. The lowest BCUT2D eigenvalue weighted by molar-refractivity contribution is 0.238. The monoisotopic (exact) mass is 253 g/mol. The van der Waals surface area contributed by atoms with Crippen LogP contribution in [0.4, 0.5) is 0 Å². The van der Waals surface area contributed by atoms with E-state index in [1.54, 1.807) is 7.11 Å². The van der Waals surface area contributed by atoms with Crippen molar-refractivity contribution in [2.45, 2.75) is 32.9 Å². The zero-order chi connectivity index (χ0) is 13.4. The van der Waals surface area contributed by atoms with Gasteiger partial charge in [0.1, 0.15) is 0 Å². The fourth-order valence-electron chi connectivity index (χ4n) is 1.70. The second-order valence-electron chi connectivity index (χ2n) is 4.09. The minimum atomic E-state index is 0.141. The summed E-state index contributed by atoms with van der Waals surface area (Å²) in [5.74, 6) is 1.51. The summed E-state index contributed by atoms with van der Waals surface area (Å²) in [5, 5.41) is 12.4. The van der Waals surface area contributed by atoms with Gasteiger partial charge in [0.25, 0.3) is 0 Å². The van der Waals surface area contributed by atoms with E-state index in [4.69, 9.17) is 14.6 Å². The van der Waals surface area contributed by atoms with Crippen LogP contribution in [0.1, 0.15) is 25.8 Å². The molecule has 0 saturated carbocycles. The Morgan fingerprint density at radius 2 is 2.06 bits per heavy atom. The highest BCUT2D eigenvalue weighted by atomic mass is 16.5. The molecule has 0 spiro atoms. The van der Waals surface area contributed by atoms with Gasteiger partial charge in [0.05, 0.1) is 20.3 Å². The Morgan fingerprint density at radius 1 is 1.28 bits per heavy atom. The molecule has 4 nitrogen and oxygen atoms in total. The van der Waals surface area contributed by atoms with Crippen LogP contribution >= 0.6 is 0 Å². The van der Waals surface area contributed by atoms with E-state index >= 15 is 0 Å². The zero-order valence-corrected chi connectivity index (χ0v) is 11.4. The van der Waals surface area contributed by atoms with Gasteiger partial charge in [-0.05, 0) is 31.0 Å². The molecule has 0 amide bonds. The van der Waals surface area contributed by atoms with E-state index in [9.17, 15) is 0 Å². The van der Waals surface area contributed by atoms with Crippen LogP contribution in [0.15, 0.2) is 18.2 Å². The van der Waals surface area contributed by atoms with E-state index in [0.717, 1.165) is 23.5 Å². The summed E-state index contributed by atoms with van der Waals surface area (Å²) in [5.41, 5.74) is 1.11. The van der Waals surface area contributed by atoms with Crippen LogP contribution in [0.3, 0.4) is 0 Å². The first kappa shape index (κ1) is 14.8. The predicted molar refractivity (Wildman–Crippen MR) is 72.2 cm³/mol. The summed E-state index contributed by atoms with van der Waals surface area (Å²) in [7, 11) is 1.64. The van der Waals surface area contributed by atoms with E-state index in [0.29, 0.717) is 13.2 Å². The molecule has 0 radical (unpaired) electrons. The fourth-order valence-corrected chi connectivity index (χ4v) is 1.70. The van der Waals surface area contributed by atoms with Crippen LogP contribution in [-0.2, 0) is 6.54 Å². The van der Waals surface area contributed by atoms with Crippen molar-refractivity contribution in [1.29, 1.82) is 0 Å². The van der Waals surface area contributed by atoms with Gasteiger partial charge in [-0.3, -0.25) is 0 Å². The maximum atomic E-state index is 9.11. The van der Waals surface area contributed by atoms with Crippen molar-refractivity contribution in [2.75, 3.05) is 20.3 Å². The lowest BCUT2D eigenvalue weighted by Gasteiger charge is -2.15. The largest absolute Gasteiger partial charge is 0.493 e. The SMILES string of the molecule is CCOc1ccc(CN[C@@H](CC)CO)cc1OC. The van der Waals surface area contributed by atoms with Crippen molar-refractivity contribution >= 4 is 0 Å². The van der Waals surface area contributed by atoms with E-state index < -0.39 is 0 Å². The molecule has 0 aliphatic carbocycles. The molecule has 0 aliphatic rings. The highest BCUT2D eigenvalue weighted by Gasteiger charge is 2.07. The van der Waals surface area contributed by atoms with Crippen molar-refractivity contribution in [1.82, 2.24) is 5.32 Å². The summed E-state index contributed by atoms with van der Waals surface area (Å²) in [6, 6.07) is 6.02. The summed E-state index contributed by atoms with van der Waals surface area (Å²) in [6.07, 6.45) is 0.907. The Kier molecular flexibility index (Phi) is 6.54. The molecule has 0 aliphatic heterocycles. The van der Waals surface area contributed by atoms with Gasteiger partial charge in [-0.1, -0.05) is 13.0 Å². The quantitative estimate of drug-likeness (QED) is 0.743. The molecule has 102 valence electrons. The Bertz CT molecular complexity index is 351. The molecule has 4 heteroatoms. The number of aliphatic hydroxyl groups is 1. The van der Waals surface area contributed by atoms with Crippen LogP contribution in [0.25, 0.3) is 0 Å². The van der Waals surface area contributed by atoms with Crippen molar-refractivity contribution < 1.29 is 14.6 Å². The standard InChI is InChI=1S/C14H23NO3/c1-4-12(10-16)15-9-11-6-7-13(18-5-2)14(8-11)17-3/h6-8,12,15-16H,4-5,9-10H2,1-3H3/t12-/m0/s1. The van der Waals surface area contributed by atoms with Gasteiger partial charge in [0.15, 0.2) is 11.5 Å². The van der Waals surface area contributed by atoms with Crippen molar-refractivity contribution in [3.05, 3.63) is 23.8 Å². The molecule has 0 heterocycles. The number of rotatable bonds is 8. The Labute approximate surface area is 109 Å². The Morgan fingerprint density at radius 3 is 2.61 bits per heavy atom. The number of benzene rings is 1. The molecule has 0 fully saturated rings. The van der Waals surface area contributed by atoms with Gasteiger partial charge in [0, 0.05) is 12.6 Å². The average molecular weight is 253 g/mol. The lowest BCUT2D eigenvalue weighted by Crippen LogP contribution is -2.31. The summed E-state index contributed by atoms with van der Waals surface area (Å²) >= 11 is 0. The molecular formula is C14H23NO3. The maximum absolute atomic E-state index is 9.11. The van der Waals surface area contributed by atoms with Gasteiger partial charge >= 0.3 is 0 Å². The number of hydrogen-bond acceptors (Lipinski definition) is 4. The maximum Gasteiger partial charge on any atom is 0.161 e. The summed E-state index contributed by atoms with van der Waals surface area (Å²) < 4.78 is 10.8. The normalized spacial score (nSPS) is 12.2. The molecule has 0 aromatic heterocycles. The second-order valence-corrected chi connectivity index (χ2v) is 4.09. The van der Waals surface area contributed by atoms with E-state index in [2.05, 4.69) is 5.32 Å². The smallest absolute Gasteiger partial charge is 0.161 e. The number of methoxy groups -OCH3 is 1. The number of aliphatic hydroxyl groups excluding tert-OH is 1. The Hall–Kier alpha value is -1.26. The van der Waals surface area contributed by atoms with Crippen molar-refractivity contribution in [3.8, 4) is 11.5 Å². The van der Waals surface area contributed by atoms with Crippen LogP contribution in [0.5, 0.6) is 11.5 Å². The molecule has 0 saturated heterocycles. The van der Waals surface area contributed by atoms with E-state index in [1.807, 2.05) is 32.0 Å². The molecule has 1 aromatic rings. The molecule has 0 unspecified atom stereocenters. The molecule has 2 N–H and O–H groups in total. The second kappa shape index (κ2) is 7.95. The van der Waals surface area contributed by atoms with Crippen molar-refractivity contribution in [3.63, 3.8) is 0 Å². The lowest BCUT2D eigenvalue weighted by atomic mass is 10.1. The third-order valence-electron chi connectivity index (χ3n) is 2.84. The zero-order valence-electron chi connectivity index (χ0n) is 11.4. The number of nitrogens with one attached hydrogen (secondary N) is 1. The highest BCUT2D eigenvalue weighted by molar-refractivity contribution is 5.42.